The first-order valence-electron chi connectivity index (χ1n) is 6.97. The maximum atomic E-state index is 10.7. The van der Waals surface area contributed by atoms with Crippen LogP contribution in [0.2, 0.25) is 0 Å². The highest BCUT2D eigenvalue weighted by Crippen LogP contribution is 2.31. The molecule has 1 fully saturated rings. The number of nitrogens with one attached hydrogen (secondary N) is 1. The summed E-state index contributed by atoms with van der Waals surface area (Å²) in [6.07, 6.45) is 6.30. The minimum absolute atomic E-state index is 0.368. The van der Waals surface area contributed by atoms with Crippen molar-refractivity contribution in [2.24, 2.45) is 5.92 Å². The number of rotatable bonds is 5. The number of nitrogens with zero attached hydrogens (tertiary/aromatic N) is 2. The molecule has 0 amide bonds. The van der Waals surface area contributed by atoms with E-state index in [9.17, 15) is 4.79 Å². The van der Waals surface area contributed by atoms with Crippen molar-refractivity contribution in [2.75, 3.05) is 11.9 Å². The number of hydrogen-bond acceptors (Lipinski definition) is 4. The SMILES string of the molecule is CC(CNc1ccc(C2CCCCC2)nn1)C(=O)O. The topological polar surface area (TPSA) is 75.1 Å². The number of carboxylic acids is 1. The summed E-state index contributed by atoms with van der Waals surface area (Å²) in [4.78, 5) is 10.7. The van der Waals surface area contributed by atoms with Crippen LogP contribution in [-0.4, -0.2) is 27.8 Å². The third-order valence-electron chi connectivity index (χ3n) is 3.72. The Kier molecular flexibility index (Phi) is 4.71. The lowest BCUT2D eigenvalue weighted by atomic mass is 9.87. The van der Waals surface area contributed by atoms with E-state index in [0.29, 0.717) is 18.3 Å². The molecule has 1 aromatic rings. The Morgan fingerprint density at radius 1 is 1.37 bits per heavy atom. The van der Waals surface area contributed by atoms with E-state index in [0.717, 1.165) is 5.69 Å². The van der Waals surface area contributed by atoms with Crippen LogP contribution in [0.1, 0.15) is 50.6 Å². The molecule has 0 spiro atoms. The van der Waals surface area contributed by atoms with E-state index in [2.05, 4.69) is 15.5 Å². The van der Waals surface area contributed by atoms with Crippen molar-refractivity contribution in [3.8, 4) is 0 Å². The van der Waals surface area contributed by atoms with Crippen LogP contribution in [0.3, 0.4) is 0 Å². The molecule has 0 saturated heterocycles. The third kappa shape index (κ3) is 3.91. The Morgan fingerprint density at radius 3 is 2.68 bits per heavy atom. The molecule has 0 aromatic carbocycles. The monoisotopic (exact) mass is 263 g/mol. The first-order chi connectivity index (χ1) is 9.16. The number of aromatic nitrogens is 2. The van der Waals surface area contributed by atoms with E-state index in [1.165, 1.54) is 32.1 Å². The van der Waals surface area contributed by atoms with Gasteiger partial charge in [-0.05, 0) is 25.0 Å². The van der Waals surface area contributed by atoms with Gasteiger partial charge in [-0.1, -0.05) is 26.2 Å². The predicted octanol–water partition coefficient (Wildman–Crippen LogP) is 2.66. The number of carbonyl (C=O) groups is 1. The zero-order valence-electron chi connectivity index (χ0n) is 11.3. The molecule has 1 aliphatic rings. The Hall–Kier alpha value is -1.65. The van der Waals surface area contributed by atoms with Crippen molar-refractivity contribution in [1.82, 2.24) is 10.2 Å². The molecule has 0 aliphatic heterocycles. The molecule has 5 nitrogen and oxygen atoms in total. The van der Waals surface area contributed by atoms with E-state index in [-0.39, 0.29) is 0 Å². The van der Waals surface area contributed by atoms with Gasteiger partial charge in [-0.3, -0.25) is 4.79 Å². The first-order valence-corrected chi connectivity index (χ1v) is 6.97. The molecule has 1 atom stereocenters. The number of hydrogen-bond donors (Lipinski definition) is 2. The van der Waals surface area contributed by atoms with Crippen molar-refractivity contribution in [3.63, 3.8) is 0 Å². The van der Waals surface area contributed by atoms with Gasteiger partial charge in [0.15, 0.2) is 0 Å². The van der Waals surface area contributed by atoms with Crippen LogP contribution in [0.25, 0.3) is 0 Å². The molecule has 1 saturated carbocycles. The maximum absolute atomic E-state index is 10.7. The summed E-state index contributed by atoms with van der Waals surface area (Å²) in [7, 11) is 0. The Balaban J connectivity index is 1.89. The number of anilines is 1. The van der Waals surface area contributed by atoms with Crippen LogP contribution in [-0.2, 0) is 4.79 Å². The van der Waals surface area contributed by atoms with Crippen LogP contribution in [0.4, 0.5) is 5.82 Å². The lowest BCUT2D eigenvalue weighted by Crippen LogP contribution is -2.20. The molecule has 1 aliphatic carbocycles. The maximum Gasteiger partial charge on any atom is 0.308 e. The van der Waals surface area contributed by atoms with E-state index < -0.39 is 11.9 Å². The second kappa shape index (κ2) is 6.50. The Morgan fingerprint density at radius 2 is 2.11 bits per heavy atom. The van der Waals surface area contributed by atoms with Crippen LogP contribution in [0, 0.1) is 5.92 Å². The average Bonchev–Trinajstić information content (AvgIpc) is 2.46. The molecule has 5 heteroatoms. The molecule has 19 heavy (non-hydrogen) atoms. The fourth-order valence-corrected chi connectivity index (χ4v) is 2.40. The summed E-state index contributed by atoms with van der Waals surface area (Å²) in [5, 5.41) is 20.2. The summed E-state index contributed by atoms with van der Waals surface area (Å²) >= 11 is 0. The average molecular weight is 263 g/mol. The van der Waals surface area contributed by atoms with Gasteiger partial charge in [0.1, 0.15) is 5.82 Å². The standard InChI is InChI=1S/C14H21N3O2/c1-10(14(18)19)9-15-13-8-7-12(16-17-13)11-5-3-2-4-6-11/h7-8,10-11H,2-6,9H2,1H3,(H,15,17)(H,18,19). The summed E-state index contributed by atoms with van der Waals surface area (Å²) in [5.41, 5.74) is 1.07. The predicted molar refractivity (Wildman–Crippen MR) is 73.1 cm³/mol. The normalized spacial score (nSPS) is 17.9. The van der Waals surface area contributed by atoms with Crippen LogP contribution >= 0.6 is 0 Å². The molecule has 104 valence electrons. The zero-order valence-corrected chi connectivity index (χ0v) is 11.3. The van der Waals surface area contributed by atoms with Gasteiger partial charge in [-0.15, -0.1) is 5.10 Å². The number of carboxylic acid groups (broad SMARTS) is 1. The highest BCUT2D eigenvalue weighted by molar-refractivity contribution is 5.70. The molecular weight excluding hydrogens is 242 g/mol. The largest absolute Gasteiger partial charge is 0.481 e. The first kappa shape index (κ1) is 13.8. The van der Waals surface area contributed by atoms with Crippen molar-refractivity contribution in [2.45, 2.75) is 44.9 Å². The van der Waals surface area contributed by atoms with Gasteiger partial charge < -0.3 is 10.4 Å². The fraction of sp³-hybridized carbons (Fsp3) is 0.643. The van der Waals surface area contributed by atoms with Crippen molar-refractivity contribution >= 4 is 11.8 Å². The van der Waals surface area contributed by atoms with Crippen LogP contribution < -0.4 is 5.32 Å². The van der Waals surface area contributed by atoms with Crippen molar-refractivity contribution in [3.05, 3.63) is 17.8 Å². The van der Waals surface area contributed by atoms with E-state index in [4.69, 9.17) is 5.11 Å². The minimum atomic E-state index is -0.806. The van der Waals surface area contributed by atoms with E-state index >= 15 is 0 Å². The lowest BCUT2D eigenvalue weighted by molar-refractivity contribution is -0.140. The smallest absolute Gasteiger partial charge is 0.308 e. The summed E-state index contributed by atoms with van der Waals surface area (Å²) in [5.74, 6) is -0.0417. The second-order valence-electron chi connectivity index (χ2n) is 5.30. The summed E-state index contributed by atoms with van der Waals surface area (Å²) in [6.45, 7) is 2.03. The van der Waals surface area contributed by atoms with Gasteiger partial charge in [0.2, 0.25) is 0 Å². The molecule has 2 rings (SSSR count). The highest BCUT2D eigenvalue weighted by Gasteiger charge is 2.17. The molecule has 0 radical (unpaired) electrons. The van der Waals surface area contributed by atoms with Crippen LogP contribution in [0.5, 0.6) is 0 Å². The summed E-state index contributed by atoms with van der Waals surface area (Å²) < 4.78 is 0. The molecule has 0 bridgehead atoms. The minimum Gasteiger partial charge on any atom is -0.481 e. The van der Waals surface area contributed by atoms with Gasteiger partial charge >= 0.3 is 5.97 Å². The quantitative estimate of drug-likeness (QED) is 0.854. The molecule has 1 unspecified atom stereocenters. The van der Waals surface area contributed by atoms with E-state index in [1.807, 2.05) is 12.1 Å². The Labute approximate surface area is 113 Å². The van der Waals surface area contributed by atoms with Crippen molar-refractivity contribution in [1.29, 1.82) is 0 Å². The van der Waals surface area contributed by atoms with Gasteiger partial charge in [-0.2, -0.15) is 5.10 Å². The fourth-order valence-electron chi connectivity index (χ4n) is 2.40. The zero-order chi connectivity index (χ0) is 13.7. The van der Waals surface area contributed by atoms with Gasteiger partial charge in [0.25, 0.3) is 0 Å². The molecule has 1 heterocycles. The molecule has 1 aromatic heterocycles. The molecule has 2 N–H and O–H groups in total. The highest BCUT2D eigenvalue weighted by atomic mass is 16.4. The third-order valence-corrected chi connectivity index (χ3v) is 3.72. The summed E-state index contributed by atoms with van der Waals surface area (Å²) in [6, 6.07) is 3.91. The van der Waals surface area contributed by atoms with Gasteiger partial charge in [-0.25, -0.2) is 0 Å². The van der Waals surface area contributed by atoms with E-state index in [1.54, 1.807) is 6.92 Å². The molecular formula is C14H21N3O2. The second-order valence-corrected chi connectivity index (χ2v) is 5.30. The number of aliphatic carboxylic acids is 1. The lowest BCUT2D eigenvalue weighted by Gasteiger charge is -2.20. The van der Waals surface area contributed by atoms with Crippen molar-refractivity contribution < 1.29 is 9.90 Å². The van der Waals surface area contributed by atoms with Gasteiger partial charge in [0.05, 0.1) is 11.6 Å². The van der Waals surface area contributed by atoms with Gasteiger partial charge in [0, 0.05) is 12.5 Å². The van der Waals surface area contributed by atoms with Crippen LogP contribution in [0.15, 0.2) is 12.1 Å². The Bertz CT molecular complexity index is 413.